The molecule has 0 aliphatic carbocycles. The van der Waals surface area contributed by atoms with Crippen molar-refractivity contribution in [3.05, 3.63) is 101 Å². The highest BCUT2D eigenvalue weighted by Crippen LogP contribution is 2.36. The molecule has 3 aromatic rings. The van der Waals surface area contributed by atoms with E-state index in [0.29, 0.717) is 9.13 Å². The smallest absolute Gasteiger partial charge is 0.363 e. The van der Waals surface area contributed by atoms with Gasteiger partial charge in [0.15, 0.2) is 17.2 Å². The van der Waals surface area contributed by atoms with Gasteiger partial charge in [0.25, 0.3) is 5.69 Å². The lowest BCUT2D eigenvalue weighted by Crippen LogP contribution is -2.11. The molecule has 1 aliphatic rings. The summed E-state index contributed by atoms with van der Waals surface area (Å²) in [5.74, 6) is -1.09. The Hall–Kier alpha value is -3.48. The first-order valence-electron chi connectivity index (χ1n) is 9.99. The quantitative estimate of drug-likeness (QED) is 0.0802. The van der Waals surface area contributed by atoms with Crippen molar-refractivity contribution in [3.8, 4) is 11.5 Å². The number of hydrogen-bond donors (Lipinski definition) is 0. The summed E-state index contributed by atoms with van der Waals surface area (Å²) in [6.45, 7) is 0. The van der Waals surface area contributed by atoms with Crippen LogP contribution < -0.4 is 9.47 Å². The van der Waals surface area contributed by atoms with E-state index in [0.717, 1.165) is 0 Å². The highest BCUT2D eigenvalue weighted by Gasteiger charge is 2.27. The van der Waals surface area contributed by atoms with Crippen molar-refractivity contribution in [2.24, 2.45) is 4.99 Å². The zero-order valence-corrected chi connectivity index (χ0v) is 21.8. The highest BCUT2D eigenvalue weighted by atomic mass is 127. The van der Waals surface area contributed by atoms with Gasteiger partial charge in [-0.2, -0.15) is 0 Å². The Bertz CT molecular complexity index is 1490. The molecule has 36 heavy (non-hydrogen) atoms. The van der Waals surface area contributed by atoms with E-state index in [1.165, 1.54) is 31.4 Å². The number of methoxy groups -OCH3 is 1. The van der Waals surface area contributed by atoms with Crippen LogP contribution in [-0.2, 0) is 9.53 Å². The molecule has 182 valence electrons. The minimum absolute atomic E-state index is 0.0405. The van der Waals surface area contributed by atoms with E-state index < -0.39 is 16.9 Å². The Kier molecular flexibility index (Phi) is 7.57. The minimum atomic E-state index is -0.745. The van der Waals surface area contributed by atoms with Crippen LogP contribution in [0.3, 0.4) is 0 Å². The maximum absolute atomic E-state index is 12.6. The van der Waals surface area contributed by atoms with Crippen LogP contribution in [0.1, 0.15) is 21.5 Å². The lowest BCUT2D eigenvalue weighted by atomic mass is 10.1. The standard InChI is InChI=1S/C24H13Cl2IN2O7/c1-34-20-10-12(8-17(27)21(20)35-23(30)14-4-2-3-5-15(14)25)9-18-24(31)36-22(28-18)13-6-7-16(26)19(11-13)29(32)33/h2-11H,1H3/b18-9-. The van der Waals surface area contributed by atoms with Crippen molar-refractivity contribution in [2.45, 2.75) is 0 Å². The zero-order valence-electron chi connectivity index (χ0n) is 18.2. The number of nitro benzene ring substituents is 1. The number of hydrogen-bond acceptors (Lipinski definition) is 8. The average molecular weight is 639 g/mol. The first-order chi connectivity index (χ1) is 17.2. The van der Waals surface area contributed by atoms with Crippen molar-refractivity contribution in [2.75, 3.05) is 7.11 Å². The Morgan fingerprint density at radius 1 is 1.14 bits per heavy atom. The summed E-state index contributed by atoms with van der Waals surface area (Å²) in [5.41, 5.74) is 0.540. The Labute approximate surface area is 227 Å². The maximum atomic E-state index is 12.6. The summed E-state index contributed by atoms with van der Waals surface area (Å²) in [7, 11) is 1.41. The average Bonchev–Trinajstić information content (AvgIpc) is 3.20. The van der Waals surface area contributed by atoms with Gasteiger partial charge in [0, 0.05) is 11.6 Å². The maximum Gasteiger partial charge on any atom is 0.363 e. The summed E-state index contributed by atoms with van der Waals surface area (Å²) < 4.78 is 16.6. The molecule has 0 saturated carbocycles. The summed E-state index contributed by atoms with van der Waals surface area (Å²) >= 11 is 13.9. The fourth-order valence-corrected chi connectivity index (χ4v) is 4.31. The third kappa shape index (κ3) is 5.35. The molecular formula is C24H13Cl2IN2O7. The Balaban J connectivity index is 1.65. The van der Waals surface area contributed by atoms with Crippen LogP contribution in [0.4, 0.5) is 5.69 Å². The van der Waals surface area contributed by atoms with Gasteiger partial charge >= 0.3 is 11.9 Å². The molecule has 12 heteroatoms. The first-order valence-corrected chi connectivity index (χ1v) is 11.8. The molecular weight excluding hydrogens is 626 g/mol. The molecule has 0 atom stereocenters. The molecule has 0 saturated heterocycles. The van der Waals surface area contributed by atoms with Gasteiger partial charge < -0.3 is 14.2 Å². The molecule has 0 spiro atoms. The van der Waals surface area contributed by atoms with E-state index in [2.05, 4.69) is 4.99 Å². The van der Waals surface area contributed by atoms with Crippen LogP contribution >= 0.6 is 45.8 Å². The van der Waals surface area contributed by atoms with E-state index >= 15 is 0 Å². The SMILES string of the molecule is COc1cc(/C=C2\N=C(c3ccc(Cl)c([N+](=O)[O-])c3)OC2=O)cc(I)c1OC(=O)c1ccccc1Cl. The van der Waals surface area contributed by atoms with Crippen LogP contribution in [0.5, 0.6) is 11.5 Å². The largest absolute Gasteiger partial charge is 0.493 e. The van der Waals surface area contributed by atoms with Gasteiger partial charge in [-0.3, -0.25) is 10.1 Å². The molecule has 0 unspecified atom stereocenters. The highest BCUT2D eigenvalue weighted by molar-refractivity contribution is 14.1. The van der Waals surface area contributed by atoms with Gasteiger partial charge in [-0.1, -0.05) is 35.3 Å². The number of carbonyl (C=O) groups is 2. The van der Waals surface area contributed by atoms with Crippen LogP contribution in [-0.4, -0.2) is 29.9 Å². The van der Waals surface area contributed by atoms with Crippen molar-refractivity contribution >= 4 is 75.4 Å². The van der Waals surface area contributed by atoms with Crippen molar-refractivity contribution in [1.82, 2.24) is 0 Å². The van der Waals surface area contributed by atoms with E-state index in [4.69, 9.17) is 37.4 Å². The number of nitrogens with zero attached hydrogens (tertiary/aromatic N) is 2. The van der Waals surface area contributed by atoms with Crippen LogP contribution in [0.25, 0.3) is 6.08 Å². The Morgan fingerprint density at radius 3 is 2.58 bits per heavy atom. The summed E-state index contributed by atoms with van der Waals surface area (Å²) in [4.78, 5) is 39.7. The summed E-state index contributed by atoms with van der Waals surface area (Å²) in [5, 5.41) is 11.3. The van der Waals surface area contributed by atoms with Crippen molar-refractivity contribution in [1.29, 1.82) is 0 Å². The van der Waals surface area contributed by atoms with Gasteiger partial charge in [-0.15, -0.1) is 0 Å². The third-order valence-electron chi connectivity index (χ3n) is 4.85. The second kappa shape index (κ2) is 10.6. The molecule has 0 amide bonds. The molecule has 1 aliphatic heterocycles. The monoisotopic (exact) mass is 638 g/mol. The molecule has 0 N–H and O–H groups in total. The fourth-order valence-electron chi connectivity index (χ4n) is 3.17. The number of esters is 2. The van der Waals surface area contributed by atoms with Gasteiger partial charge in [-0.25, -0.2) is 14.6 Å². The van der Waals surface area contributed by atoms with Crippen molar-refractivity contribution < 1.29 is 28.7 Å². The summed E-state index contributed by atoms with van der Waals surface area (Å²) in [6, 6.07) is 13.6. The molecule has 3 aromatic carbocycles. The predicted molar refractivity (Wildman–Crippen MR) is 141 cm³/mol. The van der Waals surface area contributed by atoms with Gasteiger partial charge in [0.2, 0.25) is 5.90 Å². The molecule has 4 rings (SSSR count). The lowest BCUT2D eigenvalue weighted by molar-refractivity contribution is -0.384. The van der Waals surface area contributed by atoms with Gasteiger partial charge in [0.1, 0.15) is 5.02 Å². The molecule has 0 fully saturated rings. The van der Waals surface area contributed by atoms with E-state index in [1.807, 2.05) is 22.6 Å². The number of halogens is 3. The van der Waals surface area contributed by atoms with Gasteiger partial charge in [-0.05, 0) is 70.6 Å². The number of benzene rings is 3. The van der Waals surface area contributed by atoms with E-state index in [1.54, 1.807) is 36.4 Å². The summed E-state index contributed by atoms with van der Waals surface area (Å²) in [6.07, 6.45) is 1.45. The van der Waals surface area contributed by atoms with Gasteiger partial charge in [0.05, 0.1) is 26.2 Å². The molecule has 9 nitrogen and oxygen atoms in total. The fraction of sp³-hybridized carbons (Fsp3) is 0.0417. The van der Waals surface area contributed by atoms with Crippen LogP contribution in [0.15, 0.2) is 65.3 Å². The lowest BCUT2D eigenvalue weighted by Gasteiger charge is -2.13. The van der Waals surface area contributed by atoms with E-state index in [9.17, 15) is 19.7 Å². The second-order valence-electron chi connectivity index (χ2n) is 7.16. The predicted octanol–water partition coefficient (Wildman–Crippen LogP) is 6.08. The minimum Gasteiger partial charge on any atom is -0.493 e. The topological polar surface area (TPSA) is 117 Å². The number of rotatable bonds is 6. The molecule has 0 aromatic heterocycles. The number of aliphatic imine (C=N–C) groups is 1. The van der Waals surface area contributed by atoms with E-state index in [-0.39, 0.29) is 50.0 Å². The Morgan fingerprint density at radius 2 is 1.89 bits per heavy atom. The van der Waals surface area contributed by atoms with Crippen LogP contribution in [0.2, 0.25) is 10.0 Å². The third-order valence-corrected chi connectivity index (χ3v) is 6.30. The van der Waals surface area contributed by atoms with Crippen molar-refractivity contribution in [3.63, 3.8) is 0 Å². The normalized spacial score (nSPS) is 13.8. The second-order valence-corrected chi connectivity index (χ2v) is 9.14. The van der Waals surface area contributed by atoms with Crippen LogP contribution in [0, 0.1) is 13.7 Å². The molecule has 1 heterocycles. The number of carbonyl (C=O) groups excluding carboxylic acids is 2. The molecule has 0 bridgehead atoms. The number of ether oxygens (including phenoxy) is 3. The number of nitro groups is 1. The first kappa shape index (κ1) is 25.6. The molecule has 0 radical (unpaired) electrons. The number of cyclic esters (lactones) is 1. The zero-order chi connectivity index (χ0) is 26.0.